The van der Waals surface area contributed by atoms with Gasteiger partial charge in [-0.3, -0.25) is 19.2 Å². The Labute approximate surface area is 168 Å². The van der Waals surface area contributed by atoms with Crippen molar-refractivity contribution in [2.45, 2.75) is 32.4 Å². The van der Waals surface area contributed by atoms with E-state index in [-0.39, 0.29) is 12.3 Å². The number of nitrogens with one attached hydrogen (secondary N) is 2. The molecule has 2 aromatic carbocycles. The van der Waals surface area contributed by atoms with Gasteiger partial charge in [-0.2, -0.15) is 0 Å². The predicted molar refractivity (Wildman–Crippen MR) is 107 cm³/mol. The summed E-state index contributed by atoms with van der Waals surface area (Å²) in [6.07, 6.45) is -1.11. The molecule has 0 aliphatic rings. The Bertz CT molecular complexity index is 881. The number of ether oxygens (including phenoxy) is 1. The maximum Gasteiger partial charge on any atom is 0.308 e. The number of benzene rings is 2. The minimum Gasteiger partial charge on any atom is -0.452 e. The first-order valence-corrected chi connectivity index (χ1v) is 9.02. The average molecular weight is 397 g/mol. The standard InChI is InChI=1S/C21H23N3O5/c1-13(23-21(28)16-6-4-3-5-7-16)12-18(25)29-14(2)20(27)24-17-10-8-15(9-11-17)19(22)26/h3-11,13-14H,12H2,1-2H3,(H2,22,26)(H,23,28)(H,24,27). The van der Waals surface area contributed by atoms with Crippen LogP contribution in [-0.2, 0) is 14.3 Å². The Morgan fingerprint density at radius 3 is 2.14 bits per heavy atom. The van der Waals surface area contributed by atoms with Gasteiger partial charge in [0.2, 0.25) is 5.91 Å². The summed E-state index contributed by atoms with van der Waals surface area (Å²) in [5.41, 5.74) is 6.40. The number of carbonyl (C=O) groups excluding carboxylic acids is 4. The van der Waals surface area contributed by atoms with E-state index in [2.05, 4.69) is 10.6 Å². The van der Waals surface area contributed by atoms with Crippen LogP contribution < -0.4 is 16.4 Å². The fourth-order valence-corrected chi connectivity index (χ4v) is 2.46. The van der Waals surface area contributed by atoms with Crippen LogP contribution in [0.4, 0.5) is 5.69 Å². The van der Waals surface area contributed by atoms with Gasteiger partial charge in [0.15, 0.2) is 6.10 Å². The first-order chi connectivity index (χ1) is 13.8. The van der Waals surface area contributed by atoms with Crippen molar-refractivity contribution < 1.29 is 23.9 Å². The lowest BCUT2D eigenvalue weighted by Gasteiger charge is -2.16. The fraction of sp³-hybridized carbons (Fsp3) is 0.238. The SMILES string of the molecule is CC(CC(=O)OC(C)C(=O)Nc1ccc(C(N)=O)cc1)NC(=O)c1ccccc1. The zero-order chi connectivity index (χ0) is 21.4. The van der Waals surface area contributed by atoms with Crippen molar-refractivity contribution in [3.8, 4) is 0 Å². The molecule has 0 fully saturated rings. The highest BCUT2D eigenvalue weighted by molar-refractivity contribution is 5.97. The number of nitrogens with two attached hydrogens (primary N) is 1. The van der Waals surface area contributed by atoms with Crippen LogP contribution in [0.1, 0.15) is 41.0 Å². The first kappa shape index (κ1) is 21.6. The van der Waals surface area contributed by atoms with E-state index in [1.54, 1.807) is 37.3 Å². The summed E-state index contributed by atoms with van der Waals surface area (Å²) in [5.74, 6) is -2.00. The maximum absolute atomic E-state index is 12.2. The van der Waals surface area contributed by atoms with Gasteiger partial charge in [-0.1, -0.05) is 18.2 Å². The molecule has 0 aliphatic carbocycles. The molecule has 152 valence electrons. The quantitative estimate of drug-likeness (QED) is 0.586. The number of carbonyl (C=O) groups is 4. The summed E-state index contributed by atoms with van der Waals surface area (Å²) >= 11 is 0. The lowest BCUT2D eigenvalue weighted by atomic mass is 10.2. The summed E-state index contributed by atoms with van der Waals surface area (Å²) in [4.78, 5) is 47.3. The summed E-state index contributed by atoms with van der Waals surface area (Å²) in [5, 5.41) is 5.29. The van der Waals surface area contributed by atoms with Crippen LogP contribution in [0.2, 0.25) is 0 Å². The largest absolute Gasteiger partial charge is 0.452 e. The Morgan fingerprint density at radius 1 is 0.931 bits per heavy atom. The van der Waals surface area contributed by atoms with E-state index in [0.29, 0.717) is 16.8 Å². The van der Waals surface area contributed by atoms with E-state index < -0.39 is 29.9 Å². The van der Waals surface area contributed by atoms with E-state index in [1.165, 1.54) is 31.2 Å². The van der Waals surface area contributed by atoms with Crippen LogP contribution in [0.5, 0.6) is 0 Å². The third-order valence-corrected chi connectivity index (χ3v) is 4.00. The highest BCUT2D eigenvalue weighted by Crippen LogP contribution is 2.10. The molecule has 0 saturated carbocycles. The number of primary amides is 1. The topological polar surface area (TPSA) is 128 Å². The molecule has 0 bridgehead atoms. The van der Waals surface area contributed by atoms with Crippen molar-refractivity contribution in [2.24, 2.45) is 5.73 Å². The molecule has 0 saturated heterocycles. The fourth-order valence-electron chi connectivity index (χ4n) is 2.46. The molecule has 0 spiro atoms. The second-order valence-corrected chi connectivity index (χ2v) is 6.51. The van der Waals surface area contributed by atoms with Crippen LogP contribution in [0, 0.1) is 0 Å². The Hall–Kier alpha value is -3.68. The van der Waals surface area contributed by atoms with Crippen LogP contribution >= 0.6 is 0 Å². The average Bonchev–Trinajstić information content (AvgIpc) is 2.68. The number of amides is 3. The van der Waals surface area contributed by atoms with Gasteiger partial charge in [-0.05, 0) is 50.2 Å². The van der Waals surface area contributed by atoms with Crippen LogP contribution in [0.3, 0.4) is 0 Å². The second kappa shape index (κ2) is 10.0. The van der Waals surface area contributed by atoms with Crippen molar-refractivity contribution in [1.29, 1.82) is 0 Å². The van der Waals surface area contributed by atoms with E-state index in [9.17, 15) is 19.2 Å². The number of hydrogen-bond acceptors (Lipinski definition) is 5. The molecule has 0 aliphatic heterocycles. The highest BCUT2D eigenvalue weighted by atomic mass is 16.5. The molecule has 2 atom stereocenters. The summed E-state index contributed by atoms with van der Waals surface area (Å²) in [6, 6.07) is 14.2. The van der Waals surface area contributed by atoms with E-state index in [1.807, 2.05) is 0 Å². The van der Waals surface area contributed by atoms with Gasteiger partial charge in [-0.25, -0.2) is 0 Å². The number of esters is 1. The smallest absolute Gasteiger partial charge is 0.308 e. The van der Waals surface area contributed by atoms with Crippen LogP contribution in [0.15, 0.2) is 54.6 Å². The normalized spacial score (nSPS) is 12.3. The van der Waals surface area contributed by atoms with E-state index in [4.69, 9.17) is 10.5 Å². The number of anilines is 1. The van der Waals surface area contributed by atoms with Gasteiger partial charge in [0.25, 0.3) is 11.8 Å². The molecule has 8 nitrogen and oxygen atoms in total. The molecule has 4 N–H and O–H groups in total. The predicted octanol–water partition coefficient (Wildman–Crippen LogP) is 1.86. The molecule has 0 radical (unpaired) electrons. The third kappa shape index (κ3) is 6.76. The van der Waals surface area contributed by atoms with Gasteiger partial charge in [0, 0.05) is 22.9 Å². The maximum atomic E-state index is 12.2. The van der Waals surface area contributed by atoms with Crippen LogP contribution in [0.25, 0.3) is 0 Å². The first-order valence-electron chi connectivity index (χ1n) is 9.02. The molecule has 8 heteroatoms. The van der Waals surface area contributed by atoms with Crippen LogP contribution in [-0.4, -0.2) is 35.8 Å². The molecule has 2 rings (SSSR count). The lowest BCUT2D eigenvalue weighted by molar-refractivity contribution is -0.153. The lowest BCUT2D eigenvalue weighted by Crippen LogP contribution is -2.36. The zero-order valence-electron chi connectivity index (χ0n) is 16.2. The Balaban J connectivity index is 1.80. The van der Waals surface area contributed by atoms with Crippen molar-refractivity contribution >= 4 is 29.4 Å². The Kier molecular flexibility index (Phi) is 7.47. The van der Waals surface area contributed by atoms with E-state index >= 15 is 0 Å². The van der Waals surface area contributed by atoms with Crippen molar-refractivity contribution in [3.05, 3.63) is 65.7 Å². The van der Waals surface area contributed by atoms with Gasteiger partial charge in [-0.15, -0.1) is 0 Å². The summed E-state index contributed by atoms with van der Waals surface area (Å²) in [7, 11) is 0. The molecular weight excluding hydrogens is 374 g/mol. The van der Waals surface area contributed by atoms with Gasteiger partial charge < -0.3 is 21.1 Å². The molecular formula is C21H23N3O5. The van der Waals surface area contributed by atoms with Crippen molar-refractivity contribution in [3.63, 3.8) is 0 Å². The minimum atomic E-state index is -1.03. The molecule has 3 amide bonds. The minimum absolute atomic E-state index is 0.0799. The van der Waals surface area contributed by atoms with Gasteiger partial charge >= 0.3 is 5.97 Å². The summed E-state index contributed by atoms with van der Waals surface area (Å²) in [6.45, 7) is 3.12. The zero-order valence-corrected chi connectivity index (χ0v) is 16.2. The molecule has 0 aromatic heterocycles. The molecule has 2 unspecified atom stereocenters. The molecule has 2 aromatic rings. The van der Waals surface area contributed by atoms with E-state index in [0.717, 1.165) is 0 Å². The molecule has 29 heavy (non-hydrogen) atoms. The summed E-state index contributed by atoms with van der Waals surface area (Å²) < 4.78 is 5.13. The van der Waals surface area contributed by atoms with Gasteiger partial charge in [0.05, 0.1) is 6.42 Å². The Morgan fingerprint density at radius 2 is 1.55 bits per heavy atom. The third-order valence-electron chi connectivity index (χ3n) is 4.00. The molecule has 0 heterocycles. The second-order valence-electron chi connectivity index (χ2n) is 6.51. The number of rotatable bonds is 8. The van der Waals surface area contributed by atoms with Crippen molar-refractivity contribution in [2.75, 3.05) is 5.32 Å². The van der Waals surface area contributed by atoms with Crippen molar-refractivity contribution in [1.82, 2.24) is 5.32 Å². The number of hydrogen-bond donors (Lipinski definition) is 3. The highest BCUT2D eigenvalue weighted by Gasteiger charge is 2.20. The van der Waals surface area contributed by atoms with Gasteiger partial charge in [0.1, 0.15) is 0 Å². The monoisotopic (exact) mass is 397 g/mol.